The van der Waals surface area contributed by atoms with Crippen LogP contribution in [0.5, 0.6) is 5.75 Å². The molecule has 0 radical (unpaired) electrons. The molecule has 0 saturated heterocycles. The Hall–Kier alpha value is -2.36. The van der Waals surface area contributed by atoms with Gasteiger partial charge < -0.3 is 9.67 Å². The van der Waals surface area contributed by atoms with E-state index in [0.29, 0.717) is 12.5 Å². The van der Waals surface area contributed by atoms with Gasteiger partial charge in [-0.25, -0.2) is 4.98 Å². The predicted molar refractivity (Wildman–Crippen MR) is 78.8 cm³/mol. The second-order valence-electron chi connectivity index (χ2n) is 5.20. The van der Waals surface area contributed by atoms with Crippen molar-refractivity contribution < 1.29 is 5.11 Å². The number of aromatic nitrogens is 3. The quantitative estimate of drug-likeness (QED) is 0.792. The largest absolute Gasteiger partial charge is 0.508 e. The molecule has 0 unspecified atom stereocenters. The van der Waals surface area contributed by atoms with Crippen molar-refractivity contribution in [2.24, 2.45) is 0 Å². The van der Waals surface area contributed by atoms with Crippen molar-refractivity contribution in [1.82, 2.24) is 14.5 Å². The van der Waals surface area contributed by atoms with Crippen LogP contribution in [-0.4, -0.2) is 19.6 Å². The van der Waals surface area contributed by atoms with Crippen LogP contribution < -0.4 is 0 Å². The molecule has 3 rings (SSSR count). The molecule has 20 heavy (non-hydrogen) atoms. The maximum absolute atomic E-state index is 9.57. The van der Waals surface area contributed by atoms with E-state index in [1.165, 1.54) is 0 Å². The fourth-order valence-electron chi connectivity index (χ4n) is 2.55. The van der Waals surface area contributed by atoms with Gasteiger partial charge in [-0.15, -0.1) is 0 Å². The second kappa shape index (κ2) is 4.96. The minimum atomic E-state index is 0.288. The molecule has 0 bridgehead atoms. The van der Waals surface area contributed by atoms with Gasteiger partial charge in [0.25, 0.3) is 0 Å². The Morgan fingerprint density at radius 1 is 1.25 bits per heavy atom. The van der Waals surface area contributed by atoms with E-state index in [2.05, 4.69) is 28.4 Å². The topological polar surface area (TPSA) is 50.9 Å². The van der Waals surface area contributed by atoms with Crippen LogP contribution in [0.2, 0.25) is 0 Å². The van der Waals surface area contributed by atoms with Gasteiger partial charge in [-0.1, -0.05) is 12.1 Å². The van der Waals surface area contributed by atoms with Gasteiger partial charge >= 0.3 is 0 Å². The van der Waals surface area contributed by atoms with Crippen LogP contribution in [0.15, 0.2) is 42.7 Å². The standard InChI is InChI=1S/C16H17N3O/c1-11(2)19-15-6-7-17-10-14(15)18-16(19)9-12-4-3-5-13(20)8-12/h3-8,10-11,20H,9H2,1-2H3. The third-order valence-corrected chi connectivity index (χ3v) is 3.35. The highest BCUT2D eigenvalue weighted by molar-refractivity contribution is 5.75. The summed E-state index contributed by atoms with van der Waals surface area (Å²) in [5.74, 6) is 1.28. The summed E-state index contributed by atoms with van der Waals surface area (Å²) in [7, 11) is 0. The number of fused-ring (bicyclic) bond motifs is 1. The molecule has 0 saturated carbocycles. The van der Waals surface area contributed by atoms with Gasteiger partial charge in [0.2, 0.25) is 0 Å². The van der Waals surface area contributed by atoms with E-state index >= 15 is 0 Å². The third kappa shape index (κ3) is 2.25. The van der Waals surface area contributed by atoms with Gasteiger partial charge in [-0.2, -0.15) is 0 Å². The summed E-state index contributed by atoms with van der Waals surface area (Å²) < 4.78 is 2.22. The first-order valence-corrected chi connectivity index (χ1v) is 6.74. The van der Waals surface area contributed by atoms with Crippen molar-refractivity contribution in [3.63, 3.8) is 0 Å². The number of rotatable bonds is 3. The lowest BCUT2D eigenvalue weighted by Gasteiger charge is -2.13. The highest BCUT2D eigenvalue weighted by Gasteiger charge is 2.13. The van der Waals surface area contributed by atoms with E-state index < -0.39 is 0 Å². The number of pyridine rings is 1. The molecule has 0 amide bonds. The van der Waals surface area contributed by atoms with Crippen molar-refractivity contribution in [1.29, 1.82) is 0 Å². The highest BCUT2D eigenvalue weighted by atomic mass is 16.3. The minimum Gasteiger partial charge on any atom is -0.508 e. The van der Waals surface area contributed by atoms with Crippen molar-refractivity contribution in [3.8, 4) is 5.75 Å². The van der Waals surface area contributed by atoms with E-state index in [9.17, 15) is 5.11 Å². The molecule has 0 aliphatic heterocycles. The second-order valence-corrected chi connectivity index (χ2v) is 5.20. The Bertz CT molecular complexity index is 746. The van der Waals surface area contributed by atoms with Gasteiger partial charge in [0.05, 0.1) is 11.7 Å². The van der Waals surface area contributed by atoms with E-state index in [-0.39, 0.29) is 5.75 Å². The Labute approximate surface area is 117 Å². The molecule has 0 spiro atoms. The summed E-state index contributed by atoms with van der Waals surface area (Å²) in [5.41, 5.74) is 3.07. The lowest BCUT2D eigenvalue weighted by Crippen LogP contribution is -2.06. The number of imidazole rings is 1. The van der Waals surface area contributed by atoms with E-state index in [4.69, 9.17) is 0 Å². The molecule has 0 aliphatic rings. The van der Waals surface area contributed by atoms with Crippen LogP contribution in [0.3, 0.4) is 0 Å². The zero-order chi connectivity index (χ0) is 14.1. The lowest BCUT2D eigenvalue weighted by molar-refractivity contribution is 0.474. The number of hydrogen-bond acceptors (Lipinski definition) is 3. The summed E-state index contributed by atoms with van der Waals surface area (Å²) in [4.78, 5) is 8.81. The van der Waals surface area contributed by atoms with Crippen molar-refractivity contribution >= 4 is 11.0 Å². The predicted octanol–water partition coefficient (Wildman–Crippen LogP) is 3.31. The summed E-state index contributed by atoms with van der Waals surface area (Å²) >= 11 is 0. The van der Waals surface area contributed by atoms with Crippen LogP contribution >= 0.6 is 0 Å². The van der Waals surface area contributed by atoms with Crippen LogP contribution in [-0.2, 0) is 6.42 Å². The molecule has 0 fully saturated rings. The Morgan fingerprint density at radius 2 is 2.10 bits per heavy atom. The third-order valence-electron chi connectivity index (χ3n) is 3.35. The maximum Gasteiger partial charge on any atom is 0.115 e. The number of benzene rings is 1. The molecule has 2 heterocycles. The number of aromatic hydroxyl groups is 1. The fourth-order valence-corrected chi connectivity index (χ4v) is 2.55. The molecule has 1 aromatic carbocycles. The first-order chi connectivity index (χ1) is 9.65. The molecule has 4 nitrogen and oxygen atoms in total. The molecule has 2 aromatic heterocycles. The number of nitrogens with zero attached hydrogens (tertiary/aromatic N) is 3. The summed E-state index contributed by atoms with van der Waals surface area (Å²) in [6.45, 7) is 4.29. The molecule has 4 heteroatoms. The number of phenolic OH excluding ortho intramolecular Hbond substituents is 1. The monoisotopic (exact) mass is 267 g/mol. The summed E-state index contributed by atoms with van der Waals surface area (Å²) in [6, 6.07) is 9.64. The van der Waals surface area contributed by atoms with Crippen molar-refractivity contribution in [2.75, 3.05) is 0 Å². The average Bonchev–Trinajstić information content (AvgIpc) is 2.76. The van der Waals surface area contributed by atoms with Crippen LogP contribution in [0.25, 0.3) is 11.0 Å². The zero-order valence-electron chi connectivity index (χ0n) is 11.6. The zero-order valence-corrected chi connectivity index (χ0v) is 11.6. The van der Waals surface area contributed by atoms with Gasteiger partial charge in [0, 0.05) is 18.7 Å². The van der Waals surface area contributed by atoms with Crippen molar-refractivity contribution in [3.05, 3.63) is 54.1 Å². The van der Waals surface area contributed by atoms with E-state index in [1.54, 1.807) is 24.5 Å². The maximum atomic E-state index is 9.57. The van der Waals surface area contributed by atoms with E-state index in [1.807, 2.05) is 18.2 Å². The Kier molecular flexibility index (Phi) is 3.14. The van der Waals surface area contributed by atoms with Gasteiger partial charge in [0.1, 0.15) is 17.1 Å². The van der Waals surface area contributed by atoms with E-state index in [0.717, 1.165) is 22.4 Å². The summed E-state index contributed by atoms with van der Waals surface area (Å²) in [5, 5.41) is 9.57. The molecular weight excluding hydrogens is 250 g/mol. The fraction of sp³-hybridized carbons (Fsp3) is 0.250. The van der Waals surface area contributed by atoms with Crippen molar-refractivity contribution in [2.45, 2.75) is 26.3 Å². The molecule has 3 aromatic rings. The van der Waals surface area contributed by atoms with Gasteiger partial charge in [-0.3, -0.25) is 4.98 Å². The highest BCUT2D eigenvalue weighted by Crippen LogP contribution is 2.23. The van der Waals surface area contributed by atoms with Crippen LogP contribution in [0.1, 0.15) is 31.3 Å². The smallest absolute Gasteiger partial charge is 0.115 e. The Balaban J connectivity index is 2.09. The first-order valence-electron chi connectivity index (χ1n) is 6.74. The Morgan fingerprint density at radius 3 is 2.85 bits per heavy atom. The lowest BCUT2D eigenvalue weighted by atomic mass is 10.1. The summed E-state index contributed by atoms with van der Waals surface area (Å²) in [6.07, 6.45) is 4.28. The SMILES string of the molecule is CC(C)n1c(Cc2cccc(O)c2)nc2cnccc21. The molecular formula is C16H17N3O. The minimum absolute atomic E-state index is 0.288. The molecule has 1 N–H and O–H groups in total. The molecule has 0 aliphatic carbocycles. The average molecular weight is 267 g/mol. The van der Waals surface area contributed by atoms with Crippen LogP contribution in [0.4, 0.5) is 0 Å². The van der Waals surface area contributed by atoms with Crippen LogP contribution in [0, 0.1) is 0 Å². The molecule has 102 valence electrons. The van der Waals surface area contributed by atoms with Gasteiger partial charge in [-0.05, 0) is 37.6 Å². The number of hydrogen-bond donors (Lipinski definition) is 1. The number of phenols is 1. The first kappa shape index (κ1) is 12.7. The normalized spacial score (nSPS) is 11.3. The van der Waals surface area contributed by atoms with Gasteiger partial charge in [0.15, 0.2) is 0 Å². The molecule has 0 atom stereocenters.